The molecular weight excluding hydrogens is 285 g/mol. The first-order chi connectivity index (χ1) is 9.79. The Balaban J connectivity index is 2.27. The lowest BCUT2D eigenvalue weighted by Gasteiger charge is -2.15. The Bertz CT molecular complexity index is 624. The minimum Gasteiger partial charge on any atom is -0.464 e. The number of alkyl halides is 3. The van der Waals surface area contributed by atoms with Crippen molar-refractivity contribution in [3.05, 3.63) is 35.4 Å². The van der Waals surface area contributed by atoms with E-state index in [1.807, 2.05) is 0 Å². The van der Waals surface area contributed by atoms with Gasteiger partial charge in [0.25, 0.3) is 0 Å². The highest BCUT2D eigenvalue weighted by Gasteiger charge is 2.33. The molecule has 1 atom stereocenters. The largest absolute Gasteiger partial charge is 0.464 e. The zero-order valence-electron chi connectivity index (χ0n) is 11.7. The number of rotatable bonds is 4. The quantitative estimate of drug-likeness (QED) is 0.903. The van der Waals surface area contributed by atoms with Crippen LogP contribution in [0, 0.1) is 6.92 Å². The molecule has 0 saturated carbocycles. The van der Waals surface area contributed by atoms with Crippen LogP contribution < -0.4 is 10.6 Å². The lowest BCUT2D eigenvalue weighted by molar-refractivity contribution is -0.141. The monoisotopic (exact) mass is 300 g/mol. The Morgan fingerprint density at radius 1 is 1.24 bits per heavy atom. The highest BCUT2D eigenvalue weighted by atomic mass is 19.4. The molecule has 8 heteroatoms. The standard InChI is InChI=1S/C13H15F3N4O/c1-7-4-5-9(21-7)8(2)18-11-6-10(13(14,15)16)19-12(17-3)20-11/h4-6,8H,1-3H3,(H2,17,18,19,20). The van der Waals surface area contributed by atoms with Crippen molar-refractivity contribution in [1.29, 1.82) is 0 Å². The summed E-state index contributed by atoms with van der Waals surface area (Å²) in [6.45, 7) is 3.56. The van der Waals surface area contributed by atoms with Gasteiger partial charge in [0.2, 0.25) is 5.95 Å². The molecule has 0 radical (unpaired) electrons. The fourth-order valence-electron chi connectivity index (χ4n) is 1.76. The van der Waals surface area contributed by atoms with Crippen molar-refractivity contribution >= 4 is 11.8 Å². The molecule has 2 rings (SSSR count). The summed E-state index contributed by atoms with van der Waals surface area (Å²) >= 11 is 0. The molecule has 21 heavy (non-hydrogen) atoms. The lowest BCUT2D eigenvalue weighted by atomic mass is 10.2. The molecule has 0 aliphatic rings. The number of nitrogens with zero attached hydrogens (tertiary/aromatic N) is 2. The molecule has 0 fully saturated rings. The van der Waals surface area contributed by atoms with Gasteiger partial charge in [-0.1, -0.05) is 0 Å². The van der Waals surface area contributed by atoms with Crippen LogP contribution in [0.15, 0.2) is 22.6 Å². The smallest absolute Gasteiger partial charge is 0.433 e. The number of furan rings is 1. The molecule has 0 bridgehead atoms. The van der Waals surface area contributed by atoms with Crippen molar-refractivity contribution < 1.29 is 17.6 Å². The molecule has 0 aliphatic heterocycles. The first-order valence-corrected chi connectivity index (χ1v) is 6.26. The molecule has 2 aromatic rings. The van der Waals surface area contributed by atoms with Crippen molar-refractivity contribution in [1.82, 2.24) is 9.97 Å². The van der Waals surface area contributed by atoms with Gasteiger partial charge in [0, 0.05) is 13.1 Å². The molecule has 1 unspecified atom stereocenters. The van der Waals surface area contributed by atoms with E-state index in [4.69, 9.17) is 4.42 Å². The van der Waals surface area contributed by atoms with E-state index in [-0.39, 0.29) is 17.8 Å². The molecule has 2 N–H and O–H groups in total. The van der Waals surface area contributed by atoms with Crippen molar-refractivity contribution in [3.8, 4) is 0 Å². The van der Waals surface area contributed by atoms with E-state index in [0.29, 0.717) is 5.76 Å². The van der Waals surface area contributed by atoms with Crippen LogP contribution in [0.4, 0.5) is 24.9 Å². The zero-order chi connectivity index (χ0) is 15.6. The average molecular weight is 300 g/mol. The summed E-state index contributed by atoms with van der Waals surface area (Å²) in [5.74, 6) is 1.32. The third kappa shape index (κ3) is 3.65. The maximum Gasteiger partial charge on any atom is 0.433 e. The molecule has 0 aromatic carbocycles. The molecule has 0 aliphatic carbocycles. The summed E-state index contributed by atoms with van der Waals surface area (Å²) in [6, 6.07) is 4.10. The van der Waals surface area contributed by atoms with Crippen LogP contribution in [0.2, 0.25) is 0 Å². The SMILES string of the molecule is CNc1nc(NC(C)c2ccc(C)o2)cc(C(F)(F)F)n1. The predicted molar refractivity (Wildman–Crippen MR) is 72.1 cm³/mol. The molecule has 0 spiro atoms. The first kappa shape index (κ1) is 15.1. The maximum absolute atomic E-state index is 12.8. The van der Waals surface area contributed by atoms with Gasteiger partial charge in [0.05, 0.1) is 6.04 Å². The lowest BCUT2D eigenvalue weighted by Crippen LogP contribution is -2.14. The van der Waals surface area contributed by atoms with Crippen LogP contribution in [-0.4, -0.2) is 17.0 Å². The molecule has 2 heterocycles. The number of nitrogens with one attached hydrogen (secondary N) is 2. The van der Waals surface area contributed by atoms with Gasteiger partial charge in [-0.2, -0.15) is 18.2 Å². The molecule has 0 saturated heterocycles. The van der Waals surface area contributed by atoms with E-state index >= 15 is 0 Å². The number of hydrogen-bond acceptors (Lipinski definition) is 5. The Morgan fingerprint density at radius 3 is 2.48 bits per heavy atom. The Labute approximate surface area is 119 Å². The second kappa shape index (κ2) is 5.63. The molecule has 5 nitrogen and oxygen atoms in total. The van der Waals surface area contributed by atoms with Gasteiger partial charge < -0.3 is 15.1 Å². The van der Waals surface area contributed by atoms with Gasteiger partial charge >= 0.3 is 6.18 Å². The average Bonchev–Trinajstić information content (AvgIpc) is 2.84. The minimum atomic E-state index is -4.53. The Hall–Kier alpha value is -2.25. The highest BCUT2D eigenvalue weighted by Crippen LogP contribution is 2.30. The van der Waals surface area contributed by atoms with Crippen LogP contribution in [0.1, 0.15) is 30.2 Å². The Morgan fingerprint density at radius 2 is 1.95 bits per heavy atom. The summed E-state index contributed by atoms with van der Waals surface area (Å²) in [4.78, 5) is 7.36. The van der Waals surface area contributed by atoms with Gasteiger partial charge in [-0.15, -0.1) is 0 Å². The summed E-state index contributed by atoms with van der Waals surface area (Å²) in [5.41, 5.74) is -1.01. The molecule has 114 valence electrons. The van der Waals surface area contributed by atoms with Gasteiger partial charge in [-0.25, -0.2) is 4.98 Å². The fourth-order valence-corrected chi connectivity index (χ4v) is 1.76. The van der Waals surface area contributed by atoms with Crippen LogP contribution in [0.5, 0.6) is 0 Å². The van der Waals surface area contributed by atoms with Gasteiger partial charge in [0.1, 0.15) is 17.3 Å². The van der Waals surface area contributed by atoms with E-state index in [2.05, 4.69) is 20.6 Å². The summed E-state index contributed by atoms with van der Waals surface area (Å²) in [6.07, 6.45) is -4.53. The van der Waals surface area contributed by atoms with Crippen molar-refractivity contribution in [3.63, 3.8) is 0 Å². The second-order valence-electron chi connectivity index (χ2n) is 4.52. The normalized spacial score (nSPS) is 13.0. The van der Waals surface area contributed by atoms with Crippen molar-refractivity contribution in [2.24, 2.45) is 0 Å². The number of aromatic nitrogens is 2. The summed E-state index contributed by atoms with van der Waals surface area (Å²) in [7, 11) is 1.46. The zero-order valence-corrected chi connectivity index (χ0v) is 11.7. The van der Waals surface area contributed by atoms with Gasteiger partial charge in [-0.05, 0) is 26.0 Å². The third-order valence-electron chi connectivity index (χ3n) is 2.79. The van der Waals surface area contributed by atoms with E-state index in [0.717, 1.165) is 11.8 Å². The third-order valence-corrected chi connectivity index (χ3v) is 2.79. The van der Waals surface area contributed by atoms with E-state index in [1.165, 1.54) is 7.05 Å². The van der Waals surface area contributed by atoms with Crippen molar-refractivity contribution in [2.45, 2.75) is 26.1 Å². The molecule has 2 aromatic heterocycles. The Kier molecular flexibility index (Phi) is 4.06. The number of anilines is 2. The van der Waals surface area contributed by atoms with Crippen LogP contribution >= 0.6 is 0 Å². The van der Waals surface area contributed by atoms with Crippen LogP contribution in [0.3, 0.4) is 0 Å². The first-order valence-electron chi connectivity index (χ1n) is 6.26. The highest BCUT2D eigenvalue weighted by molar-refractivity contribution is 5.44. The van der Waals surface area contributed by atoms with Crippen molar-refractivity contribution in [2.75, 3.05) is 17.7 Å². The predicted octanol–water partition coefficient (Wildman–Crippen LogP) is 3.61. The number of halogens is 3. The molecular formula is C13H15F3N4O. The fraction of sp³-hybridized carbons (Fsp3) is 0.385. The number of aryl methyl sites for hydroxylation is 1. The number of hydrogen-bond donors (Lipinski definition) is 2. The van der Waals surface area contributed by atoms with Gasteiger partial charge in [-0.3, -0.25) is 0 Å². The van der Waals surface area contributed by atoms with Gasteiger partial charge in [0.15, 0.2) is 5.69 Å². The molecule has 0 amide bonds. The summed E-state index contributed by atoms with van der Waals surface area (Å²) < 4.78 is 43.8. The second-order valence-corrected chi connectivity index (χ2v) is 4.52. The topological polar surface area (TPSA) is 63.0 Å². The van der Waals surface area contributed by atoms with E-state index in [9.17, 15) is 13.2 Å². The van der Waals surface area contributed by atoms with Crippen LogP contribution in [0.25, 0.3) is 0 Å². The maximum atomic E-state index is 12.8. The minimum absolute atomic E-state index is 0.0724. The van der Waals surface area contributed by atoms with E-state index < -0.39 is 11.9 Å². The van der Waals surface area contributed by atoms with E-state index in [1.54, 1.807) is 26.0 Å². The summed E-state index contributed by atoms with van der Waals surface area (Å²) in [5, 5.41) is 5.39. The van der Waals surface area contributed by atoms with Crippen LogP contribution in [-0.2, 0) is 6.18 Å².